The average molecular weight is 350 g/mol. The van der Waals surface area contributed by atoms with Gasteiger partial charge < -0.3 is 4.74 Å². The zero-order chi connectivity index (χ0) is 19.0. The highest BCUT2D eigenvalue weighted by molar-refractivity contribution is 5.47. The normalized spacial score (nSPS) is 11.5. The zero-order valence-electron chi connectivity index (χ0n) is 16.4. The molecule has 0 bridgehead atoms. The Morgan fingerprint density at radius 2 is 1.23 bits per heavy atom. The average Bonchev–Trinajstić information content (AvgIpc) is 2.62. The van der Waals surface area contributed by atoms with Gasteiger partial charge in [0, 0.05) is 19.6 Å². The maximum Gasteiger partial charge on any atom is 0.0600 e. The van der Waals surface area contributed by atoms with E-state index in [9.17, 15) is 0 Å². The van der Waals surface area contributed by atoms with E-state index >= 15 is 0 Å². The maximum atomic E-state index is 5.94. The van der Waals surface area contributed by atoms with Gasteiger partial charge in [-0.25, -0.2) is 0 Å². The van der Waals surface area contributed by atoms with Gasteiger partial charge in [0.2, 0.25) is 0 Å². The van der Waals surface area contributed by atoms with Gasteiger partial charge in [-0.1, -0.05) is 73.8 Å². The van der Waals surface area contributed by atoms with Crippen LogP contribution in [0.25, 0.3) is 12.2 Å². The summed E-state index contributed by atoms with van der Waals surface area (Å²) in [6.45, 7) is 17.3. The van der Waals surface area contributed by atoms with Crippen LogP contribution in [0.15, 0.2) is 61.7 Å². The fourth-order valence-corrected chi connectivity index (χ4v) is 2.73. The number of benzene rings is 2. The Morgan fingerprint density at radius 3 is 1.58 bits per heavy atom. The molecule has 2 nitrogen and oxygen atoms in total. The van der Waals surface area contributed by atoms with E-state index in [1.54, 1.807) is 0 Å². The van der Waals surface area contributed by atoms with Crippen LogP contribution in [-0.2, 0) is 17.8 Å². The van der Waals surface area contributed by atoms with Gasteiger partial charge in [-0.05, 0) is 43.0 Å². The van der Waals surface area contributed by atoms with E-state index in [-0.39, 0.29) is 5.60 Å². The molecule has 0 aliphatic carbocycles. The van der Waals surface area contributed by atoms with Crippen molar-refractivity contribution in [1.29, 1.82) is 0 Å². The molecule has 2 aromatic carbocycles. The Morgan fingerprint density at radius 1 is 0.808 bits per heavy atom. The molecule has 0 fully saturated rings. The second-order valence-electron chi connectivity index (χ2n) is 7.56. The van der Waals surface area contributed by atoms with E-state index in [1.165, 1.54) is 11.1 Å². The molecule has 2 heteroatoms. The zero-order valence-corrected chi connectivity index (χ0v) is 16.4. The fraction of sp³-hybridized carbons (Fsp3) is 0.333. The maximum absolute atomic E-state index is 5.94. The first-order chi connectivity index (χ1) is 12.4. The van der Waals surface area contributed by atoms with Crippen LogP contribution in [0.5, 0.6) is 0 Å². The van der Waals surface area contributed by atoms with Gasteiger partial charge in [0.15, 0.2) is 0 Å². The molecule has 0 atom stereocenters. The first-order valence-electron chi connectivity index (χ1n) is 9.19. The molecule has 2 aromatic rings. The van der Waals surface area contributed by atoms with Crippen LogP contribution in [0.3, 0.4) is 0 Å². The molecule has 0 unspecified atom stereocenters. The summed E-state index contributed by atoms with van der Waals surface area (Å²) >= 11 is 0. The molecule has 2 rings (SSSR count). The summed E-state index contributed by atoms with van der Waals surface area (Å²) in [7, 11) is 0. The highest BCUT2D eigenvalue weighted by Crippen LogP contribution is 2.14. The Balaban J connectivity index is 2.05. The lowest BCUT2D eigenvalue weighted by atomic mass is 10.1. The van der Waals surface area contributed by atoms with Gasteiger partial charge in [0.25, 0.3) is 0 Å². The Kier molecular flexibility index (Phi) is 7.38. The van der Waals surface area contributed by atoms with Crippen molar-refractivity contribution < 1.29 is 4.74 Å². The van der Waals surface area contributed by atoms with Crippen molar-refractivity contribution >= 4 is 12.2 Å². The SMILES string of the molecule is C=Cc1ccc(CN(CCOC(C)(C)C)Cc2ccc(C=C)cc2)cc1. The van der Waals surface area contributed by atoms with Crippen molar-refractivity contribution in [3.8, 4) is 0 Å². The molecule has 0 radical (unpaired) electrons. The topological polar surface area (TPSA) is 12.5 Å². The third-order valence-electron chi connectivity index (χ3n) is 4.19. The number of hydrogen-bond acceptors (Lipinski definition) is 2. The molecule has 0 aliphatic heterocycles. The minimum Gasteiger partial charge on any atom is -0.375 e. The van der Waals surface area contributed by atoms with Crippen LogP contribution in [0.4, 0.5) is 0 Å². The van der Waals surface area contributed by atoms with Crippen LogP contribution in [0, 0.1) is 0 Å². The molecule has 0 aliphatic rings. The van der Waals surface area contributed by atoms with Crippen LogP contribution in [0.1, 0.15) is 43.0 Å². The second-order valence-corrected chi connectivity index (χ2v) is 7.56. The monoisotopic (exact) mass is 349 g/mol. The number of hydrogen-bond donors (Lipinski definition) is 0. The molecule has 0 spiro atoms. The minimum absolute atomic E-state index is 0.108. The summed E-state index contributed by atoms with van der Waals surface area (Å²) in [4.78, 5) is 2.43. The van der Waals surface area contributed by atoms with Gasteiger partial charge in [-0.15, -0.1) is 0 Å². The molecule has 0 saturated carbocycles. The quantitative estimate of drug-likeness (QED) is 0.568. The van der Waals surface area contributed by atoms with E-state index in [1.807, 2.05) is 12.2 Å². The first kappa shape index (κ1) is 20.2. The molecule has 26 heavy (non-hydrogen) atoms. The standard InChI is InChI=1S/C24H31NO/c1-6-20-8-12-22(13-9-20)18-25(16-17-26-24(3,4)5)19-23-14-10-21(7-2)11-15-23/h6-15H,1-2,16-19H2,3-5H3. The van der Waals surface area contributed by atoms with Gasteiger partial charge in [0.1, 0.15) is 0 Å². The van der Waals surface area contributed by atoms with E-state index in [2.05, 4.69) is 87.4 Å². The smallest absolute Gasteiger partial charge is 0.0600 e. The third kappa shape index (κ3) is 6.99. The van der Waals surface area contributed by atoms with Crippen LogP contribution in [0.2, 0.25) is 0 Å². The Labute approximate surface area is 158 Å². The molecular weight excluding hydrogens is 318 g/mol. The predicted molar refractivity (Wildman–Crippen MR) is 113 cm³/mol. The lowest BCUT2D eigenvalue weighted by Gasteiger charge is -2.26. The largest absolute Gasteiger partial charge is 0.375 e. The van der Waals surface area contributed by atoms with Gasteiger partial charge in [-0.3, -0.25) is 4.90 Å². The van der Waals surface area contributed by atoms with Gasteiger partial charge >= 0.3 is 0 Å². The molecule has 0 heterocycles. The van der Waals surface area contributed by atoms with E-state index < -0.39 is 0 Å². The van der Waals surface area contributed by atoms with E-state index in [0.717, 1.165) is 37.4 Å². The van der Waals surface area contributed by atoms with E-state index in [0.29, 0.717) is 0 Å². The lowest BCUT2D eigenvalue weighted by molar-refractivity contribution is -0.0148. The molecule has 0 aromatic heterocycles. The van der Waals surface area contributed by atoms with Gasteiger partial charge in [-0.2, -0.15) is 0 Å². The Hall–Kier alpha value is -2.16. The van der Waals surface area contributed by atoms with Crippen molar-refractivity contribution in [3.05, 3.63) is 83.9 Å². The van der Waals surface area contributed by atoms with Crippen LogP contribution < -0.4 is 0 Å². The molecule has 0 amide bonds. The van der Waals surface area contributed by atoms with Crippen LogP contribution in [-0.4, -0.2) is 23.7 Å². The highest BCUT2D eigenvalue weighted by atomic mass is 16.5. The lowest BCUT2D eigenvalue weighted by Crippen LogP contribution is -2.30. The van der Waals surface area contributed by atoms with E-state index in [4.69, 9.17) is 4.74 Å². The summed E-state index contributed by atoms with van der Waals surface area (Å²) in [6, 6.07) is 17.2. The molecular formula is C24H31NO. The van der Waals surface area contributed by atoms with Crippen LogP contribution >= 0.6 is 0 Å². The minimum atomic E-state index is -0.108. The molecule has 138 valence electrons. The molecule has 0 N–H and O–H groups in total. The fourth-order valence-electron chi connectivity index (χ4n) is 2.73. The van der Waals surface area contributed by atoms with Crippen molar-refractivity contribution in [2.24, 2.45) is 0 Å². The number of nitrogens with zero attached hydrogens (tertiary/aromatic N) is 1. The van der Waals surface area contributed by atoms with Crippen molar-refractivity contribution in [2.45, 2.75) is 39.5 Å². The molecule has 0 saturated heterocycles. The Bertz CT molecular complexity index is 639. The predicted octanol–water partition coefficient (Wildman–Crippen LogP) is 5.79. The first-order valence-corrected chi connectivity index (χ1v) is 9.19. The van der Waals surface area contributed by atoms with Crippen molar-refractivity contribution in [2.75, 3.05) is 13.2 Å². The summed E-state index contributed by atoms with van der Waals surface area (Å²) in [5.74, 6) is 0. The summed E-state index contributed by atoms with van der Waals surface area (Å²) < 4.78 is 5.94. The number of ether oxygens (including phenoxy) is 1. The van der Waals surface area contributed by atoms with Crippen molar-refractivity contribution in [1.82, 2.24) is 4.90 Å². The number of rotatable bonds is 9. The highest BCUT2D eigenvalue weighted by Gasteiger charge is 2.12. The summed E-state index contributed by atoms with van der Waals surface area (Å²) in [5.41, 5.74) is 4.79. The second kappa shape index (κ2) is 9.51. The summed E-state index contributed by atoms with van der Waals surface area (Å²) in [6.07, 6.45) is 3.75. The van der Waals surface area contributed by atoms with Crippen molar-refractivity contribution in [3.63, 3.8) is 0 Å². The van der Waals surface area contributed by atoms with Gasteiger partial charge in [0.05, 0.1) is 12.2 Å². The summed E-state index contributed by atoms with van der Waals surface area (Å²) in [5, 5.41) is 0. The third-order valence-corrected chi connectivity index (χ3v) is 4.19.